The first-order valence-electron chi connectivity index (χ1n) is 7.78. The number of nitrogens with one attached hydrogen (secondary N) is 1. The Labute approximate surface area is 143 Å². The molecular formula is C15H19N5O3S. The van der Waals surface area contributed by atoms with E-state index in [0.29, 0.717) is 23.7 Å². The highest BCUT2D eigenvalue weighted by atomic mass is 32.1. The van der Waals surface area contributed by atoms with Gasteiger partial charge in [0, 0.05) is 13.6 Å². The standard InChI is InChI=1S/C15H19N5O3S/c1-3-23-14(21)10-6-8-24-13(10)17-15(22)20-7-4-5-11(20)12-18-16-9-19(12)2/h6,8-9,11H,3-5,7H2,1-2H3,(H,17,22). The quantitative estimate of drug-likeness (QED) is 0.856. The van der Waals surface area contributed by atoms with Crippen LogP contribution in [-0.4, -0.2) is 44.8 Å². The fourth-order valence-electron chi connectivity index (χ4n) is 2.82. The number of esters is 1. The Morgan fingerprint density at radius 2 is 2.33 bits per heavy atom. The molecule has 3 heterocycles. The number of rotatable bonds is 4. The van der Waals surface area contributed by atoms with Gasteiger partial charge in [-0.1, -0.05) is 0 Å². The van der Waals surface area contributed by atoms with Gasteiger partial charge >= 0.3 is 12.0 Å². The monoisotopic (exact) mass is 349 g/mol. The topological polar surface area (TPSA) is 89.3 Å². The number of carbonyl (C=O) groups excluding carboxylic acids is 2. The van der Waals surface area contributed by atoms with Crippen LogP contribution in [0.15, 0.2) is 17.8 Å². The second-order valence-corrected chi connectivity index (χ2v) is 6.38. The summed E-state index contributed by atoms with van der Waals surface area (Å²) in [5, 5.41) is 13.1. The number of urea groups is 1. The molecule has 0 aromatic carbocycles. The number of hydrogen-bond donors (Lipinski definition) is 1. The van der Waals surface area contributed by atoms with Crippen molar-refractivity contribution in [1.29, 1.82) is 0 Å². The highest BCUT2D eigenvalue weighted by molar-refractivity contribution is 7.14. The molecule has 0 spiro atoms. The molecule has 0 aliphatic carbocycles. The van der Waals surface area contributed by atoms with E-state index in [1.807, 2.05) is 11.6 Å². The highest BCUT2D eigenvalue weighted by Gasteiger charge is 2.33. The van der Waals surface area contributed by atoms with Gasteiger partial charge in [-0.15, -0.1) is 21.5 Å². The van der Waals surface area contributed by atoms with Gasteiger partial charge in [-0.2, -0.15) is 0 Å². The van der Waals surface area contributed by atoms with E-state index in [0.717, 1.165) is 18.7 Å². The number of aryl methyl sites for hydroxylation is 1. The molecular weight excluding hydrogens is 330 g/mol. The molecule has 128 valence electrons. The summed E-state index contributed by atoms with van der Waals surface area (Å²) in [5.41, 5.74) is 0.379. The summed E-state index contributed by atoms with van der Waals surface area (Å²) in [6.07, 6.45) is 3.37. The smallest absolute Gasteiger partial charge is 0.341 e. The van der Waals surface area contributed by atoms with E-state index < -0.39 is 5.97 Å². The van der Waals surface area contributed by atoms with Crippen LogP contribution in [0.2, 0.25) is 0 Å². The lowest BCUT2D eigenvalue weighted by molar-refractivity contribution is 0.0528. The molecule has 0 saturated carbocycles. The molecule has 1 unspecified atom stereocenters. The fraction of sp³-hybridized carbons (Fsp3) is 0.467. The number of anilines is 1. The van der Waals surface area contributed by atoms with E-state index in [-0.39, 0.29) is 12.1 Å². The molecule has 9 heteroatoms. The summed E-state index contributed by atoms with van der Waals surface area (Å²) >= 11 is 1.30. The predicted molar refractivity (Wildman–Crippen MR) is 89.0 cm³/mol. The zero-order valence-corrected chi connectivity index (χ0v) is 14.4. The van der Waals surface area contributed by atoms with E-state index in [1.54, 1.807) is 29.6 Å². The molecule has 1 saturated heterocycles. The summed E-state index contributed by atoms with van der Waals surface area (Å²) in [7, 11) is 1.86. The minimum absolute atomic E-state index is 0.108. The minimum atomic E-state index is -0.430. The summed E-state index contributed by atoms with van der Waals surface area (Å²) in [6, 6.07) is 1.31. The van der Waals surface area contributed by atoms with Gasteiger partial charge in [0.1, 0.15) is 11.3 Å². The van der Waals surface area contributed by atoms with Crippen molar-refractivity contribution in [3.8, 4) is 0 Å². The van der Waals surface area contributed by atoms with Crippen LogP contribution in [0.3, 0.4) is 0 Å². The van der Waals surface area contributed by atoms with Crippen LogP contribution in [0.4, 0.5) is 9.80 Å². The van der Waals surface area contributed by atoms with E-state index in [9.17, 15) is 9.59 Å². The van der Waals surface area contributed by atoms with Crippen molar-refractivity contribution in [2.24, 2.45) is 7.05 Å². The zero-order chi connectivity index (χ0) is 17.1. The van der Waals surface area contributed by atoms with Crippen molar-refractivity contribution >= 4 is 28.3 Å². The summed E-state index contributed by atoms with van der Waals surface area (Å²) < 4.78 is 6.84. The summed E-state index contributed by atoms with van der Waals surface area (Å²) in [6.45, 7) is 2.68. The van der Waals surface area contributed by atoms with Gasteiger partial charge in [-0.25, -0.2) is 9.59 Å². The molecule has 0 radical (unpaired) electrons. The maximum Gasteiger partial charge on any atom is 0.341 e. The second-order valence-electron chi connectivity index (χ2n) is 5.47. The molecule has 1 atom stereocenters. The predicted octanol–water partition coefficient (Wildman–Crippen LogP) is 2.42. The normalized spacial score (nSPS) is 17.1. The van der Waals surface area contributed by atoms with E-state index in [2.05, 4.69) is 15.5 Å². The van der Waals surface area contributed by atoms with Crippen molar-refractivity contribution in [2.45, 2.75) is 25.8 Å². The molecule has 2 aromatic rings. The maximum atomic E-state index is 12.7. The third kappa shape index (κ3) is 3.12. The number of thiophene rings is 1. The zero-order valence-electron chi connectivity index (χ0n) is 13.6. The Hall–Kier alpha value is -2.42. The number of carbonyl (C=O) groups is 2. The Morgan fingerprint density at radius 3 is 3.04 bits per heavy atom. The number of likely N-dealkylation sites (tertiary alicyclic amines) is 1. The second kappa shape index (κ2) is 7.00. The van der Waals surface area contributed by atoms with Crippen LogP contribution in [0, 0.1) is 0 Å². The number of aromatic nitrogens is 3. The van der Waals surface area contributed by atoms with Gasteiger partial charge in [-0.05, 0) is 31.2 Å². The van der Waals surface area contributed by atoms with E-state index >= 15 is 0 Å². The lowest BCUT2D eigenvalue weighted by Crippen LogP contribution is -2.35. The largest absolute Gasteiger partial charge is 0.462 e. The SMILES string of the molecule is CCOC(=O)c1ccsc1NC(=O)N1CCCC1c1nncn1C. The Bertz CT molecular complexity index is 741. The molecule has 1 aliphatic rings. The van der Waals surface area contributed by atoms with E-state index in [4.69, 9.17) is 4.74 Å². The molecule has 0 bridgehead atoms. The van der Waals surface area contributed by atoms with Gasteiger partial charge in [-0.3, -0.25) is 5.32 Å². The lowest BCUT2D eigenvalue weighted by Gasteiger charge is -2.24. The Kier molecular flexibility index (Phi) is 4.79. The first kappa shape index (κ1) is 16.4. The Morgan fingerprint density at radius 1 is 1.50 bits per heavy atom. The lowest BCUT2D eigenvalue weighted by atomic mass is 10.2. The highest BCUT2D eigenvalue weighted by Crippen LogP contribution is 2.32. The van der Waals surface area contributed by atoms with Gasteiger partial charge < -0.3 is 14.2 Å². The van der Waals surface area contributed by atoms with Crippen LogP contribution in [0.25, 0.3) is 0 Å². The first-order valence-corrected chi connectivity index (χ1v) is 8.66. The average Bonchev–Trinajstić information content (AvgIpc) is 3.26. The van der Waals surface area contributed by atoms with Gasteiger partial charge in [0.05, 0.1) is 18.2 Å². The summed E-state index contributed by atoms with van der Waals surface area (Å²) in [4.78, 5) is 26.3. The fourth-order valence-corrected chi connectivity index (χ4v) is 3.58. The average molecular weight is 349 g/mol. The third-order valence-electron chi connectivity index (χ3n) is 3.94. The molecule has 2 aromatic heterocycles. The van der Waals surface area contributed by atoms with Crippen molar-refractivity contribution < 1.29 is 14.3 Å². The van der Waals surface area contributed by atoms with Crippen LogP contribution < -0.4 is 5.32 Å². The first-order chi connectivity index (χ1) is 11.6. The van der Waals surface area contributed by atoms with Crippen molar-refractivity contribution in [2.75, 3.05) is 18.5 Å². The van der Waals surface area contributed by atoms with Crippen LogP contribution in [0.1, 0.15) is 42.0 Å². The van der Waals surface area contributed by atoms with Gasteiger partial charge in [0.2, 0.25) is 0 Å². The van der Waals surface area contributed by atoms with Crippen LogP contribution in [-0.2, 0) is 11.8 Å². The molecule has 1 aliphatic heterocycles. The van der Waals surface area contributed by atoms with Gasteiger partial charge in [0.25, 0.3) is 0 Å². The minimum Gasteiger partial charge on any atom is -0.462 e. The molecule has 1 fully saturated rings. The van der Waals surface area contributed by atoms with Crippen molar-refractivity contribution in [1.82, 2.24) is 19.7 Å². The maximum absolute atomic E-state index is 12.7. The van der Waals surface area contributed by atoms with Crippen LogP contribution in [0.5, 0.6) is 0 Å². The molecule has 1 N–H and O–H groups in total. The molecule has 8 nitrogen and oxygen atoms in total. The number of hydrogen-bond acceptors (Lipinski definition) is 6. The van der Waals surface area contributed by atoms with E-state index in [1.165, 1.54) is 11.3 Å². The van der Waals surface area contributed by atoms with Crippen LogP contribution >= 0.6 is 11.3 Å². The number of nitrogens with zero attached hydrogens (tertiary/aromatic N) is 4. The third-order valence-corrected chi connectivity index (χ3v) is 4.77. The molecule has 24 heavy (non-hydrogen) atoms. The summed E-state index contributed by atoms with van der Waals surface area (Å²) in [5.74, 6) is 0.333. The number of ether oxygens (including phenoxy) is 1. The molecule has 3 rings (SSSR count). The molecule has 2 amide bonds. The van der Waals surface area contributed by atoms with Gasteiger partial charge in [0.15, 0.2) is 5.82 Å². The number of amides is 2. The Balaban J connectivity index is 1.74. The van der Waals surface area contributed by atoms with Crippen molar-refractivity contribution in [3.05, 3.63) is 29.2 Å². The van der Waals surface area contributed by atoms with Crippen molar-refractivity contribution in [3.63, 3.8) is 0 Å².